The Morgan fingerprint density at radius 2 is 2.00 bits per heavy atom. The van der Waals surface area contributed by atoms with Gasteiger partial charge in [0.1, 0.15) is 18.0 Å². The lowest BCUT2D eigenvalue weighted by Gasteiger charge is -2.25. The number of carbonyl (C=O) groups excluding carboxylic acids is 1. The van der Waals surface area contributed by atoms with Crippen molar-refractivity contribution in [3.05, 3.63) is 59.3 Å². The molecule has 0 saturated heterocycles. The third-order valence-corrected chi connectivity index (χ3v) is 5.65. The van der Waals surface area contributed by atoms with E-state index >= 15 is 0 Å². The van der Waals surface area contributed by atoms with Gasteiger partial charge in [0.25, 0.3) is 0 Å². The monoisotopic (exact) mass is 426 g/mol. The van der Waals surface area contributed by atoms with E-state index in [4.69, 9.17) is 21.1 Å². The normalized spacial score (nSPS) is 16.0. The van der Waals surface area contributed by atoms with Crippen molar-refractivity contribution in [3.63, 3.8) is 0 Å². The number of ether oxygens (including phenoxy) is 2. The van der Waals surface area contributed by atoms with Crippen LogP contribution in [0.1, 0.15) is 43.4 Å². The second kappa shape index (κ2) is 7.88. The lowest BCUT2D eigenvalue weighted by Crippen LogP contribution is -2.36. The van der Waals surface area contributed by atoms with Gasteiger partial charge in [0.05, 0.1) is 11.2 Å². The first-order valence-electron chi connectivity index (χ1n) is 10.2. The van der Waals surface area contributed by atoms with Gasteiger partial charge in [0.2, 0.25) is 0 Å². The number of carbonyl (C=O) groups is 1. The Morgan fingerprint density at radius 1 is 1.27 bits per heavy atom. The van der Waals surface area contributed by atoms with Crippen molar-refractivity contribution in [2.45, 2.75) is 45.8 Å². The maximum atomic E-state index is 12.9. The molecule has 0 radical (unpaired) electrons. The van der Waals surface area contributed by atoms with Gasteiger partial charge < -0.3 is 14.5 Å². The van der Waals surface area contributed by atoms with Gasteiger partial charge in [-0.2, -0.15) is 0 Å². The van der Waals surface area contributed by atoms with Crippen LogP contribution in [0, 0.1) is 6.92 Å². The Morgan fingerprint density at radius 3 is 2.67 bits per heavy atom. The number of nitrogens with zero attached hydrogens (tertiary/aromatic N) is 1. The lowest BCUT2D eigenvalue weighted by molar-refractivity contribution is 0.0582. The minimum absolute atomic E-state index is 0.0364. The molecule has 1 atom stereocenters. The molecule has 5 nitrogen and oxygen atoms in total. The summed E-state index contributed by atoms with van der Waals surface area (Å²) in [5.74, 6) is 1.18. The Balaban J connectivity index is 1.78. The van der Waals surface area contributed by atoms with E-state index in [1.807, 2.05) is 63.4 Å². The molecule has 0 unspecified atom stereocenters. The number of aromatic nitrogens is 1. The second-order valence-corrected chi connectivity index (χ2v) is 9.05. The predicted molar refractivity (Wildman–Crippen MR) is 121 cm³/mol. The molecule has 1 aromatic heterocycles. The van der Waals surface area contributed by atoms with E-state index in [1.54, 1.807) is 4.90 Å². The number of rotatable bonds is 4. The van der Waals surface area contributed by atoms with Crippen molar-refractivity contribution in [1.29, 1.82) is 0 Å². The highest BCUT2D eigenvalue weighted by Crippen LogP contribution is 2.46. The molecule has 1 aliphatic rings. The maximum Gasteiger partial charge on any atom is 0.414 e. The molecule has 2 heterocycles. The number of nitrogens with one attached hydrogen (secondary N) is 1. The van der Waals surface area contributed by atoms with E-state index < -0.39 is 5.60 Å². The first kappa shape index (κ1) is 20.6. The van der Waals surface area contributed by atoms with E-state index in [0.717, 1.165) is 33.3 Å². The van der Waals surface area contributed by atoms with E-state index in [1.165, 1.54) is 0 Å². The zero-order chi connectivity index (χ0) is 21.5. The van der Waals surface area contributed by atoms with Gasteiger partial charge >= 0.3 is 6.09 Å². The number of halogens is 1. The topological polar surface area (TPSA) is 54.6 Å². The van der Waals surface area contributed by atoms with Gasteiger partial charge in [-0.25, -0.2) is 4.79 Å². The van der Waals surface area contributed by atoms with Crippen LogP contribution < -0.4 is 9.64 Å². The van der Waals surface area contributed by atoms with Crippen LogP contribution in [0.3, 0.4) is 0 Å². The average molecular weight is 427 g/mol. The van der Waals surface area contributed by atoms with Crippen molar-refractivity contribution in [2.75, 3.05) is 17.3 Å². The van der Waals surface area contributed by atoms with Crippen LogP contribution >= 0.6 is 11.6 Å². The van der Waals surface area contributed by atoms with Crippen LogP contribution in [0.15, 0.2) is 42.6 Å². The molecule has 3 aromatic rings. The number of alkyl halides is 1. The summed E-state index contributed by atoms with van der Waals surface area (Å²) in [5.41, 5.74) is 4.44. The quantitative estimate of drug-likeness (QED) is 0.510. The zero-order valence-electron chi connectivity index (χ0n) is 17.8. The van der Waals surface area contributed by atoms with Crippen LogP contribution in [0.2, 0.25) is 0 Å². The molecule has 30 heavy (non-hydrogen) atoms. The summed E-state index contributed by atoms with van der Waals surface area (Å²) in [7, 11) is 0. The maximum absolute atomic E-state index is 12.9. The molecule has 0 bridgehead atoms. The Hall–Kier alpha value is -2.66. The van der Waals surface area contributed by atoms with Crippen molar-refractivity contribution < 1.29 is 14.3 Å². The van der Waals surface area contributed by atoms with Crippen LogP contribution in [-0.4, -0.2) is 29.1 Å². The molecule has 0 spiro atoms. The van der Waals surface area contributed by atoms with Crippen molar-refractivity contribution >= 4 is 34.3 Å². The SMILES string of the molecule is Cc1c[nH]c2c(OCc3ccccc3)cc3c(c12)[C@H](CCl)CN3C(=O)OC(C)(C)C. The third-order valence-electron chi connectivity index (χ3n) is 5.28. The largest absolute Gasteiger partial charge is 0.487 e. The van der Waals surface area contributed by atoms with Gasteiger partial charge in [-0.3, -0.25) is 4.90 Å². The first-order chi connectivity index (χ1) is 14.3. The first-order valence-corrected chi connectivity index (χ1v) is 10.7. The third kappa shape index (κ3) is 3.86. The minimum atomic E-state index is -0.572. The highest BCUT2D eigenvalue weighted by molar-refractivity contribution is 6.19. The highest BCUT2D eigenvalue weighted by atomic mass is 35.5. The number of H-pyrrole nitrogens is 1. The van der Waals surface area contributed by atoms with E-state index in [-0.39, 0.29) is 12.0 Å². The molecule has 0 fully saturated rings. The van der Waals surface area contributed by atoms with Crippen LogP contribution in [-0.2, 0) is 11.3 Å². The summed E-state index contributed by atoms with van der Waals surface area (Å²) in [6.07, 6.45) is 1.61. The molecule has 2 aromatic carbocycles. The van der Waals surface area contributed by atoms with Crippen molar-refractivity contribution in [2.24, 2.45) is 0 Å². The number of anilines is 1. The minimum Gasteiger partial charge on any atom is -0.487 e. The average Bonchev–Trinajstić information content (AvgIpc) is 3.26. The summed E-state index contributed by atoms with van der Waals surface area (Å²) in [5, 5.41) is 1.08. The van der Waals surface area contributed by atoms with Crippen LogP contribution in [0.5, 0.6) is 5.75 Å². The number of fused-ring (bicyclic) bond motifs is 3. The van der Waals surface area contributed by atoms with Gasteiger partial charge in [-0.05, 0) is 44.4 Å². The predicted octanol–water partition coefficient (Wildman–Crippen LogP) is 6.13. The molecule has 1 N–H and O–H groups in total. The standard InChI is InChI=1S/C24H27ClN2O3/c1-15-12-26-22-19(29-14-16-8-6-5-7-9-16)10-18-21(20(15)22)17(11-25)13-27(18)23(28)30-24(2,3)4/h5-10,12,17,26H,11,13-14H2,1-4H3/t17-/m1/s1. The molecule has 158 valence electrons. The van der Waals surface area contributed by atoms with Gasteiger partial charge in [-0.15, -0.1) is 11.6 Å². The summed E-state index contributed by atoms with van der Waals surface area (Å²) in [6, 6.07) is 12.0. The fraction of sp³-hybridized carbons (Fsp3) is 0.375. The van der Waals surface area contributed by atoms with Crippen LogP contribution in [0.25, 0.3) is 10.9 Å². The number of amides is 1. The van der Waals surface area contributed by atoms with Crippen molar-refractivity contribution in [1.82, 2.24) is 4.98 Å². The molecule has 4 rings (SSSR count). The molecular formula is C24H27ClN2O3. The number of aromatic amines is 1. The lowest BCUT2D eigenvalue weighted by atomic mass is 9.96. The van der Waals surface area contributed by atoms with Gasteiger partial charge in [0.15, 0.2) is 0 Å². The molecule has 0 saturated carbocycles. The fourth-order valence-electron chi connectivity index (χ4n) is 3.98. The Kier molecular flexibility index (Phi) is 5.41. The van der Waals surface area contributed by atoms with Gasteiger partial charge in [0, 0.05) is 36.0 Å². The number of aryl methyl sites for hydroxylation is 1. The van der Waals surface area contributed by atoms with Gasteiger partial charge in [-0.1, -0.05) is 30.3 Å². The number of hydrogen-bond donors (Lipinski definition) is 1. The smallest absolute Gasteiger partial charge is 0.414 e. The Bertz CT molecular complexity index is 1070. The molecule has 1 amide bonds. The van der Waals surface area contributed by atoms with Crippen molar-refractivity contribution in [3.8, 4) is 5.75 Å². The molecule has 0 aliphatic carbocycles. The molecule has 1 aliphatic heterocycles. The Labute approximate surface area is 181 Å². The zero-order valence-corrected chi connectivity index (χ0v) is 18.5. The summed E-state index contributed by atoms with van der Waals surface area (Å²) in [6.45, 7) is 8.60. The fourth-order valence-corrected chi connectivity index (χ4v) is 4.23. The molecule has 6 heteroatoms. The van der Waals surface area contributed by atoms with E-state index in [0.29, 0.717) is 24.8 Å². The second-order valence-electron chi connectivity index (χ2n) is 8.75. The van der Waals surface area contributed by atoms with E-state index in [9.17, 15) is 4.79 Å². The number of benzene rings is 2. The van der Waals surface area contributed by atoms with E-state index in [2.05, 4.69) is 11.9 Å². The highest BCUT2D eigenvalue weighted by Gasteiger charge is 2.37. The number of hydrogen-bond acceptors (Lipinski definition) is 3. The molecular weight excluding hydrogens is 400 g/mol. The summed E-state index contributed by atoms with van der Waals surface area (Å²) >= 11 is 6.32. The van der Waals surface area contributed by atoms with Crippen LogP contribution in [0.4, 0.5) is 10.5 Å². The summed E-state index contributed by atoms with van der Waals surface area (Å²) < 4.78 is 11.9. The summed E-state index contributed by atoms with van der Waals surface area (Å²) in [4.78, 5) is 18.0.